The van der Waals surface area contributed by atoms with Crippen molar-refractivity contribution < 1.29 is 9.59 Å². The van der Waals surface area contributed by atoms with Crippen molar-refractivity contribution in [1.82, 2.24) is 10.2 Å². The van der Waals surface area contributed by atoms with Crippen LogP contribution >= 0.6 is 11.8 Å². The Morgan fingerprint density at radius 2 is 1.71 bits per heavy atom. The molecule has 0 aliphatic carbocycles. The molecule has 0 spiro atoms. The highest BCUT2D eigenvalue weighted by atomic mass is 32.2. The molecule has 31 heavy (non-hydrogen) atoms. The number of aryl methyl sites for hydroxylation is 2. The Balaban J connectivity index is 2.11. The highest BCUT2D eigenvalue weighted by molar-refractivity contribution is 7.99. The number of carbonyl (C=O) groups excluding carboxylic acids is 2. The van der Waals surface area contributed by atoms with Gasteiger partial charge in [-0.25, -0.2) is 0 Å². The van der Waals surface area contributed by atoms with Crippen molar-refractivity contribution >= 4 is 23.6 Å². The van der Waals surface area contributed by atoms with Crippen molar-refractivity contribution in [3.63, 3.8) is 0 Å². The molecular formula is C26H36N2O2S. The Morgan fingerprint density at radius 3 is 2.32 bits per heavy atom. The quantitative estimate of drug-likeness (QED) is 0.528. The Morgan fingerprint density at radius 1 is 1.00 bits per heavy atom. The van der Waals surface area contributed by atoms with Crippen LogP contribution in [0.3, 0.4) is 0 Å². The largest absolute Gasteiger partial charge is 0.354 e. The number of amides is 2. The number of thioether (sulfide) groups is 1. The second kappa shape index (κ2) is 12.6. The number of nitrogens with one attached hydrogen (secondary N) is 1. The molecule has 2 aromatic carbocycles. The third-order valence-corrected chi connectivity index (χ3v) is 6.11. The van der Waals surface area contributed by atoms with Gasteiger partial charge in [0.15, 0.2) is 0 Å². The first-order valence-electron chi connectivity index (χ1n) is 11.1. The number of carbonyl (C=O) groups is 2. The molecule has 2 aromatic rings. The van der Waals surface area contributed by atoms with Gasteiger partial charge in [0.2, 0.25) is 11.8 Å². The van der Waals surface area contributed by atoms with E-state index in [1.54, 1.807) is 16.7 Å². The second-order valence-electron chi connectivity index (χ2n) is 8.55. The van der Waals surface area contributed by atoms with Crippen molar-refractivity contribution in [2.24, 2.45) is 5.92 Å². The van der Waals surface area contributed by atoms with Crippen molar-refractivity contribution in [3.05, 3.63) is 70.8 Å². The van der Waals surface area contributed by atoms with Crippen LogP contribution in [0.4, 0.5) is 0 Å². The van der Waals surface area contributed by atoms with Crippen LogP contribution in [0.15, 0.2) is 48.5 Å². The van der Waals surface area contributed by atoms with E-state index in [2.05, 4.69) is 44.3 Å². The highest BCUT2D eigenvalue weighted by Crippen LogP contribution is 2.18. The summed E-state index contributed by atoms with van der Waals surface area (Å²) < 4.78 is 0. The minimum atomic E-state index is -0.466. The first-order valence-corrected chi connectivity index (χ1v) is 12.2. The van der Waals surface area contributed by atoms with Crippen LogP contribution in [0.5, 0.6) is 0 Å². The summed E-state index contributed by atoms with van der Waals surface area (Å²) in [5.41, 5.74) is 4.65. The Bertz CT molecular complexity index is 849. The van der Waals surface area contributed by atoms with E-state index in [1.165, 1.54) is 16.7 Å². The fourth-order valence-electron chi connectivity index (χ4n) is 3.37. The molecule has 0 aliphatic heterocycles. The molecule has 0 heterocycles. The number of hydrogen-bond donors (Lipinski definition) is 1. The number of rotatable bonds is 11. The number of benzene rings is 2. The zero-order chi connectivity index (χ0) is 22.8. The van der Waals surface area contributed by atoms with Crippen molar-refractivity contribution in [2.45, 2.75) is 59.4 Å². The Labute approximate surface area is 191 Å². The molecule has 0 bridgehead atoms. The average Bonchev–Trinajstić information content (AvgIpc) is 2.73. The summed E-state index contributed by atoms with van der Waals surface area (Å²) >= 11 is 1.60. The van der Waals surface area contributed by atoms with Gasteiger partial charge < -0.3 is 10.2 Å². The Hall–Kier alpha value is -2.27. The van der Waals surface area contributed by atoms with E-state index in [0.717, 1.165) is 11.3 Å². The molecule has 1 atom stereocenters. The second-order valence-corrected chi connectivity index (χ2v) is 9.54. The summed E-state index contributed by atoms with van der Waals surface area (Å²) in [5, 5.41) is 3.01. The maximum Gasteiger partial charge on any atom is 0.242 e. The third kappa shape index (κ3) is 8.41. The van der Waals surface area contributed by atoms with Crippen LogP contribution in [-0.2, 0) is 21.9 Å². The summed E-state index contributed by atoms with van der Waals surface area (Å²) in [6.07, 6.45) is 0.587. The molecule has 4 nitrogen and oxygen atoms in total. The first-order chi connectivity index (χ1) is 14.8. The monoisotopic (exact) mass is 440 g/mol. The molecular weight excluding hydrogens is 404 g/mol. The first kappa shape index (κ1) is 25.0. The SMILES string of the molecule is CCC(C(=O)NCC(C)C)N(Cc1ccc(C)cc1)C(=O)CSCc1cccc(C)c1. The average molecular weight is 441 g/mol. The number of nitrogens with zero attached hydrogens (tertiary/aromatic N) is 1. The Kier molecular flexibility index (Phi) is 10.1. The van der Waals surface area contributed by atoms with E-state index in [0.29, 0.717) is 31.2 Å². The predicted molar refractivity (Wildman–Crippen MR) is 131 cm³/mol. The lowest BCUT2D eigenvalue weighted by atomic mass is 10.1. The maximum atomic E-state index is 13.2. The molecule has 2 rings (SSSR count). The van der Waals surface area contributed by atoms with Gasteiger partial charge in [-0.3, -0.25) is 9.59 Å². The van der Waals surface area contributed by atoms with Crippen molar-refractivity contribution in [3.8, 4) is 0 Å². The standard InChI is InChI=1S/C26H36N2O2S/c1-6-24(26(30)27-15-19(2)3)28(16-22-12-10-20(4)11-13-22)25(29)18-31-17-23-9-7-8-21(5)14-23/h7-14,19,24H,6,15-18H2,1-5H3,(H,27,30). The van der Waals surface area contributed by atoms with Crippen molar-refractivity contribution in [2.75, 3.05) is 12.3 Å². The lowest BCUT2D eigenvalue weighted by molar-refractivity contribution is -0.139. The van der Waals surface area contributed by atoms with Gasteiger partial charge >= 0.3 is 0 Å². The lowest BCUT2D eigenvalue weighted by Crippen LogP contribution is -2.50. The zero-order valence-corrected chi connectivity index (χ0v) is 20.3. The van der Waals surface area contributed by atoms with Crippen molar-refractivity contribution in [1.29, 1.82) is 0 Å². The molecule has 1 N–H and O–H groups in total. The minimum Gasteiger partial charge on any atom is -0.354 e. The van der Waals surface area contributed by atoms with E-state index >= 15 is 0 Å². The molecule has 2 amide bonds. The molecule has 0 fully saturated rings. The smallest absolute Gasteiger partial charge is 0.242 e. The molecule has 0 radical (unpaired) electrons. The van der Waals surface area contributed by atoms with Crippen LogP contribution in [0.25, 0.3) is 0 Å². The van der Waals surface area contributed by atoms with Crippen LogP contribution in [0, 0.1) is 19.8 Å². The van der Waals surface area contributed by atoms with Crippen LogP contribution in [0.1, 0.15) is 49.4 Å². The third-order valence-electron chi connectivity index (χ3n) is 5.12. The van der Waals surface area contributed by atoms with Gasteiger partial charge in [0.1, 0.15) is 6.04 Å². The van der Waals surface area contributed by atoms with Crippen LogP contribution in [-0.4, -0.2) is 35.1 Å². The molecule has 1 unspecified atom stereocenters. The van der Waals surface area contributed by atoms with Gasteiger partial charge in [-0.1, -0.05) is 80.4 Å². The fourth-order valence-corrected chi connectivity index (χ4v) is 4.23. The summed E-state index contributed by atoms with van der Waals surface area (Å²) in [6.45, 7) is 11.3. The summed E-state index contributed by atoms with van der Waals surface area (Å²) in [7, 11) is 0. The van der Waals surface area contributed by atoms with Gasteiger partial charge in [0, 0.05) is 18.8 Å². The molecule has 168 valence electrons. The zero-order valence-electron chi connectivity index (χ0n) is 19.5. The van der Waals surface area contributed by atoms with Gasteiger partial charge in [-0.2, -0.15) is 0 Å². The van der Waals surface area contributed by atoms with Gasteiger partial charge in [0.05, 0.1) is 5.75 Å². The van der Waals surface area contributed by atoms with Crippen LogP contribution in [0.2, 0.25) is 0 Å². The normalized spacial score (nSPS) is 11.9. The highest BCUT2D eigenvalue weighted by Gasteiger charge is 2.28. The minimum absolute atomic E-state index is 0.00442. The van der Waals surface area contributed by atoms with E-state index < -0.39 is 6.04 Å². The molecule has 0 saturated heterocycles. The maximum absolute atomic E-state index is 13.2. The lowest BCUT2D eigenvalue weighted by Gasteiger charge is -2.31. The van der Waals surface area contributed by atoms with Gasteiger partial charge in [0.25, 0.3) is 0 Å². The predicted octanol–water partition coefficient (Wildman–Crippen LogP) is 5.12. The molecule has 5 heteroatoms. The molecule has 0 aromatic heterocycles. The van der Waals surface area contributed by atoms with E-state index in [-0.39, 0.29) is 11.8 Å². The topological polar surface area (TPSA) is 49.4 Å². The molecule has 0 saturated carbocycles. The van der Waals surface area contributed by atoms with Gasteiger partial charge in [-0.15, -0.1) is 11.8 Å². The summed E-state index contributed by atoms with van der Waals surface area (Å²) in [5.74, 6) is 1.44. The summed E-state index contributed by atoms with van der Waals surface area (Å²) in [6, 6.07) is 16.1. The van der Waals surface area contributed by atoms with E-state index in [9.17, 15) is 9.59 Å². The number of hydrogen-bond acceptors (Lipinski definition) is 3. The van der Waals surface area contributed by atoms with Gasteiger partial charge in [-0.05, 0) is 37.3 Å². The van der Waals surface area contributed by atoms with E-state index in [4.69, 9.17) is 0 Å². The fraction of sp³-hybridized carbons (Fsp3) is 0.462. The van der Waals surface area contributed by atoms with E-state index in [1.807, 2.05) is 44.2 Å². The molecule has 0 aliphatic rings. The van der Waals surface area contributed by atoms with Crippen LogP contribution < -0.4 is 5.32 Å². The summed E-state index contributed by atoms with van der Waals surface area (Å²) in [4.78, 5) is 27.9.